The molecule has 0 fully saturated rings. The highest BCUT2D eigenvalue weighted by molar-refractivity contribution is 7.89. The van der Waals surface area contributed by atoms with Crippen LogP contribution in [0.1, 0.15) is 35.3 Å². The van der Waals surface area contributed by atoms with Crippen LogP contribution < -0.4 is 10.6 Å². The lowest BCUT2D eigenvalue weighted by Crippen LogP contribution is -2.27. The molecule has 0 aliphatic carbocycles. The van der Waals surface area contributed by atoms with Gasteiger partial charge in [-0.1, -0.05) is 26.0 Å². The first-order valence-electron chi connectivity index (χ1n) is 9.25. The van der Waals surface area contributed by atoms with E-state index in [0.29, 0.717) is 24.6 Å². The van der Waals surface area contributed by atoms with Gasteiger partial charge in [-0.3, -0.25) is 4.79 Å². The predicted octanol–water partition coefficient (Wildman–Crippen LogP) is 3.24. The highest BCUT2D eigenvalue weighted by Crippen LogP contribution is 2.19. The molecular weight excluding hydrogens is 374 g/mol. The first-order chi connectivity index (χ1) is 13.1. The molecular formula is C21H29N3O3S. The van der Waals surface area contributed by atoms with E-state index < -0.39 is 10.0 Å². The maximum Gasteiger partial charge on any atom is 0.251 e. The van der Waals surface area contributed by atoms with Crippen LogP contribution in [0.3, 0.4) is 0 Å². The molecule has 7 heteroatoms. The fraction of sp³-hybridized carbons (Fsp3) is 0.381. The van der Waals surface area contributed by atoms with E-state index in [1.54, 1.807) is 24.3 Å². The normalized spacial score (nSPS) is 11.7. The SMILES string of the molecule is Cc1cc(C(=O)NCC(C)C)ccc1NCc1cccc(S(=O)(=O)N(C)C)c1. The smallest absolute Gasteiger partial charge is 0.251 e. The molecule has 0 atom stereocenters. The zero-order chi connectivity index (χ0) is 20.9. The third kappa shape index (κ3) is 5.56. The Morgan fingerprint density at radius 1 is 1.11 bits per heavy atom. The van der Waals surface area contributed by atoms with Crippen LogP contribution in [0.15, 0.2) is 47.4 Å². The second-order valence-corrected chi connectivity index (χ2v) is 9.57. The summed E-state index contributed by atoms with van der Waals surface area (Å²) in [4.78, 5) is 12.5. The molecule has 0 saturated carbocycles. The maximum absolute atomic E-state index is 12.3. The molecule has 0 heterocycles. The highest BCUT2D eigenvalue weighted by Gasteiger charge is 2.17. The van der Waals surface area contributed by atoms with Gasteiger partial charge in [0.05, 0.1) is 4.90 Å². The largest absolute Gasteiger partial charge is 0.381 e. The standard InChI is InChI=1S/C21H29N3O3S/c1-15(2)13-23-21(25)18-9-10-20(16(3)11-18)22-14-17-7-6-8-19(12-17)28(26,27)24(4)5/h6-12,15,22H,13-14H2,1-5H3,(H,23,25). The summed E-state index contributed by atoms with van der Waals surface area (Å²) in [5.41, 5.74) is 3.35. The van der Waals surface area contributed by atoms with Crippen LogP contribution in [0.2, 0.25) is 0 Å². The molecule has 0 saturated heterocycles. The predicted molar refractivity (Wildman–Crippen MR) is 113 cm³/mol. The average molecular weight is 404 g/mol. The summed E-state index contributed by atoms with van der Waals surface area (Å²) in [5.74, 6) is 0.322. The summed E-state index contributed by atoms with van der Waals surface area (Å²) in [6.45, 7) is 7.17. The van der Waals surface area contributed by atoms with Gasteiger partial charge in [0.2, 0.25) is 10.0 Å². The van der Waals surface area contributed by atoms with Crippen molar-refractivity contribution in [2.24, 2.45) is 5.92 Å². The summed E-state index contributed by atoms with van der Waals surface area (Å²) in [5, 5.41) is 6.23. The number of nitrogens with one attached hydrogen (secondary N) is 2. The van der Waals surface area contributed by atoms with E-state index in [2.05, 4.69) is 24.5 Å². The Bertz CT molecular complexity index is 938. The van der Waals surface area contributed by atoms with E-state index in [1.807, 2.05) is 25.1 Å². The van der Waals surface area contributed by atoms with Crippen LogP contribution in [0.25, 0.3) is 0 Å². The Hall–Kier alpha value is -2.38. The van der Waals surface area contributed by atoms with Gasteiger partial charge in [0.15, 0.2) is 0 Å². The van der Waals surface area contributed by atoms with Crippen molar-refractivity contribution in [3.05, 3.63) is 59.2 Å². The van der Waals surface area contributed by atoms with E-state index in [1.165, 1.54) is 18.4 Å². The van der Waals surface area contributed by atoms with E-state index >= 15 is 0 Å². The molecule has 0 spiro atoms. The van der Waals surface area contributed by atoms with Crippen molar-refractivity contribution in [2.45, 2.75) is 32.2 Å². The Morgan fingerprint density at radius 3 is 2.43 bits per heavy atom. The maximum atomic E-state index is 12.3. The number of carbonyl (C=O) groups is 1. The van der Waals surface area contributed by atoms with Gasteiger partial charge >= 0.3 is 0 Å². The van der Waals surface area contributed by atoms with Gasteiger partial charge in [0.1, 0.15) is 0 Å². The number of amides is 1. The van der Waals surface area contributed by atoms with Crippen molar-refractivity contribution in [3.63, 3.8) is 0 Å². The van der Waals surface area contributed by atoms with Crippen molar-refractivity contribution in [2.75, 3.05) is 26.0 Å². The highest BCUT2D eigenvalue weighted by atomic mass is 32.2. The summed E-state index contributed by atoms with van der Waals surface area (Å²) in [7, 11) is -0.424. The first kappa shape index (κ1) is 21.9. The molecule has 0 unspecified atom stereocenters. The number of nitrogens with zero attached hydrogens (tertiary/aromatic N) is 1. The van der Waals surface area contributed by atoms with E-state index in [4.69, 9.17) is 0 Å². The number of hydrogen-bond donors (Lipinski definition) is 2. The molecule has 0 aliphatic heterocycles. The van der Waals surface area contributed by atoms with Crippen LogP contribution in [0.5, 0.6) is 0 Å². The van der Waals surface area contributed by atoms with Crippen LogP contribution in [-0.4, -0.2) is 39.3 Å². The molecule has 0 radical (unpaired) electrons. The van der Waals surface area contributed by atoms with Gasteiger partial charge in [0, 0.05) is 38.4 Å². The van der Waals surface area contributed by atoms with E-state index in [-0.39, 0.29) is 10.8 Å². The zero-order valence-electron chi connectivity index (χ0n) is 17.1. The van der Waals surface area contributed by atoms with Gasteiger partial charge in [-0.05, 0) is 54.3 Å². The average Bonchev–Trinajstić information content (AvgIpc) is 2.65. The molecule has 2 N–H and O–H groups in total. The minimum Gasteiger partial charge on any atom is -0.381 e. The number of aryl methyl sites for hydroxylation is 1. The molecule has 0 aliphatic rings. The lowest BCUT2D eigenvalue weighted by atomic mass is 10.1. The Labute approximate surface area is 168 Å². The molecule has 0 aromatic heterocycles. The van der Waals surface area contributed by atoms with Crippen LogP contribution in [0, 0.1) is 12.8 Å². The molecule has 152 valence electrons. The van der Waals surface area contributed by atoms with E-state index in [9.17, 15) is 13.2 Å². The quantitative estimate of drug-likeness (QED) is 0.709. The van der Waals surface area contributed by atoms with Crippen LogP contribution >= 0.6 is 0 Å². The summed E-state index contributed by atoms with van der Waals surface area (Å²) >= 11 is 0. The van der Waals surface area contributed by atoms with Crippen molar-refractivity contribution < 1.29 is 13.2 Å². The second kappa shape index (κ2) is 9.21. The molecule has 2 rings (SSSR count). The first-order valence-corrected chi connectivity index (χ1v) is 10.7. The van der Waals surface area contributed by atoms with Crippen molar-refractivity contribution >= 4 is 21.6 Å². The van der Waals surface area contributed by atoms with Crippen molar-refractivity contribution in [1.82, 2.24) is 9.62 Å². The van der Waals surface area contributed by atoms with E-state index in [0.717, 1.165) is 16.8 Å². The molecule has 1 amide bonds. The molecule has 6 nitrogen and oxygen atoms in total. The minimum atomic E-state index is -3.46. The van der Waals surface area contributed by atoms with Gasteiger partial charge in [-0.15, -0.1) is 0 Å². The van der Waals surface area contributed by atoms with Gasteiger partial charge < -0.3 is 10.6 Å². The minimum absolute atomic E-state index is 0.0788. The number of hydrogen-bond acceptors (Lipinski definition) is 4. The van der Waals surface area contributed by atoms with Crippen molar-refractivity contribution in [3.8, 4) is 0 Å². The number of rotatable bonds is 8. The lowest BCUT2D eigenvalue weighted by molar-refractivity contribution is 0.0949. The summed E-state index contributed by atoms with van der Waals surface area (Å²) in [6, 6.07) is 12.4. The third-order valence-corrected chi connectivity index (χ3v) is 6.13. The van der Waals surface area contributed by atoms with Crippen LogP contribution in [-0.2, 0) is 16.6 Å². The zero-order valence-corrected chi connectivity index (χ0v) is 17.9. The summed E-state index contributed by atoms with van der Waals surface area (Å²) < 4.78 is 25.8. The van der Waals surface area contributed by atoms with Gasteiger partial charge in [0.25, 0.3) is 5.91 Å². The topological polar surface area (TPSA) is 78.5 Å². The number of anilines is 1. The monoisotopic (exact) mass is 403 g/mol. The Kier molecular flexibility index (Phi) is 7.21. The number of carbonyl (C=O) groups excluding carboxylic acids is 1. The number of benzene rings is 2. The van der Waals surface area contributed by atoms with Gasteiger partial charge in [-0.25, -0.2) is 12.7 Å². The van der Waals surface area contributed by atoms with Crippen molar-refractivity contribution in [1.29, 1.82) is 0 Å². The number of sulfonamides is 1. The Balaban J connectivity index is 2.08. The molecule has 28 heavy (non-hydrogen) atoms. The lowest BCUT2D eigenvalue weighted by Gasteiger charge is -2.14. The molecule has 2 aromatic rings. The van der Waals surface area contributed by atoms with Gasteiger partial charge in [-0.2, -0.15) is 0 Å². The fourth-order valence-corrected chi connectivity index (χ4v) is 3.60. The summed E-state index contributed by atoms with van der Waals surface area (Å²) in [6.07, 6.45) is 0. The molecule has 0 bridgehead atoms. The van der Waals surface area contributed by atoms with Crippen LogP contribution in [0.4, 0.5) is 5.69 Å². The Morgan fingerprint density at radius 2 is 1.82 bits per heavy atom. The third-order valence-electron chi connectivity index (χ3n) is 4.32. The molecule has 2 aromatic carbocycles. The fourth-order valence-electron chi connectivity index (χ4n) is 2.63. The second-order valence-electron chi connectivity index (χ2n) is 7.42.